The van der Waals surface area contributed by atoms with Gasteiger partial charge in [0.25, 0.3) is 10.0 Å². The number of aryl methyl sites for hydroxylation is 1. The maximum atomic E-state index is 12.9. The van der Waals surface area contributed by atoms with E-state index in [-0.39, 0.29) is 16.8 Å². The first-order chi connectivity index (χ1) is 12.8. The molecule has 6 nitrogen and oxygen atoms in total. The number of halogens is 1. The second-order valence-electron chi connectivity index (χ2n) is 6.48. The second-order valence-corrected chi connectivity index (χ2v) is 8.16. The minimum atomic E-state index is -3.90. The van der Waals surface area contributed by atoms with Gasteiger partial charge in [0.05, 0.1) is 4.90 Å². The highest BCUT2D eigenvalue weighted by molar-refractivity contribution is 7.90. The molecule has 0 saturated carbocycles. The van der Waals surface area contributed by atoms with Crippen molar-refractivity contribution < 1.29 is 22.3 Å². The van der Waals surface area contributed by atoms with Gasteiger partial charge in [-0.25, -0.2) is 22.3 Å². The summed E-state index contributed by atoms with van der Waals surface area (Å²) in [5.74, 6) is 0.241. The topological polar surface area (TPSA) is 75.7 Å². The summed E-state index contributed by atoms with van der Waals surface area (Å²) >= 11 is 0. The van der Waals surface area contributed by atoms with Crippen molar-refractivity contribution in [3.8, 4) is 5.75 Å². The Morgan fingerprint density at radius 2 is 1.67 bits per heavy atom. The number of benzene rings is 2. The quantitative estimate of drug-likeness (QED) is 0.868. The van der Waals surface area contributed by atoms with Crippen LogP contribution in [0.3, 0.4) is 0 Å². The zero-order valence-electron chi connectivity index (χ0n) is 14.9. The van der Waals surface area contributed by atoms with Crippen molar-refractivity contribution in [2.45, 2.75) is 30.8 Å². The molecule has 1 saturated heterocycles. The molecule has 1 heterocycles. The number of ether oxygens (including phenoxy) is 1. The van der Waals surface area contributed by atoms with Gasteiger partial charge in [-0.1, -0.05) is 17.7 Å². The molecule has 2 amide bonds. The second kappa shape index (κ2) is 7.96. The number of carbonyl (C=O) groups is 1. The Balaban J connectivity index is 1.53. The lowest BCUT2D eigenvalue weighted by molar-refractivity contribution is 0.113. The van der Waals surface area contributed by atoms with E-state index in [4.69, 9.17) is 4.74 Å². The SMILES string of the molecule is Cc1ccc(S(=O)(=O)NC(=O)N2CCC(Oc3ccc(F)cc3)CC2)cc1. The van der Waals surface area contributed by atoms with Crippen molar-refractivity contribution in [2.75, 3.05) is 13.1 Å². The minimum absolute atomic E-state index is 0.0518. The van der Waals surface area contributed by atoms with Crippen molar-refractivity contribution in [2.24, 2.45) is 0 Å². The Hall–Kier alpha value is -2.61. The van der Waals surface area contributed by atoms with Crippen molar-refractivity contribution in [1.29, 1.82) is 0 Å². The first-order valence-electron chi connectivity index (χ1n) is 8.64. The van der Waals surface area contributed by atoms with E-state index in [1.54, 1.807) is 24.3 Å². The van der Waals surface area contributed by atoms with Crippen molar-refractivity contribution in [3.63, 3.8) is 0 Å². The maximum Gasteiger partial charge on any atom is 0.331 e. The van der Waals surface area contributed by atoms with Crippen LogP contribution in [0.4, 0.5) is 9.18 Å². The summed E-state index contributed by atoms with van der Waals surface area (Å²) in [7, 11) is -3.90. The van der Waals surface area contributed by atoms with Crippen LogP contribution in [0.25, 0.3) is 0 Å². The molecule has 0 unspecified atom stereocenters. The summed E-state index contributed by atoms with van der Waals surface area (Å²) in [4.78, 5) is 13.8. The summed E-state index contributed by atoms with van der Waals surface area (Å²) in [6, 6.07) is 11.4. The van der Waals surface area contributed by atoms with E-state index in [0.717, 1.165) is 5.56 Å². The minimum Gasteiger partial charge on any atom is -0.490 e. The van der Waals surface area contributed by atoms with Gasteiger partial charge in [-0.15, -0.1) is 0 Å². The number of hydrogen-bond donors (Lipinski definition) is 1. The predicted molar refractivity (Wildman–Crippen MR) is 98.5 cm³/mol. The van der Waals surface area contributed by atoms with E-state index in [9.17, 15) is 17.6 Å². The van der Waals surface area contributed by atoms with Gasteiger partial charge in [0.2, 0.25) is 0 Å². The summed E-state index contributed by atoms with van der Waals surface area (Å²) in [6.45, 7) is 2.61. The molecule has 0 radical (unpaired) electrons. The van der Waals surface area contributed by atoms with E-state index in [1.807, 2.05) is 6.92 Å². The van der Waals surface area contributed by atoms with Crippen molar-refractivity contribution >= 4 is 16.1 Å². The van der Waals surface area contributed by atoms with Gasteiger partial charge in [-0.3, -0.25) is 0 Å². The van der Waals surface area contributed by atoms with Gasteiger partial charge in [0.1, 0.15) is 17.7 Å². The number of nitrogens with one attached hydrogen (secondary N) is 1. The highest BCUT2D eigenvalue weighted by Crippen LogP contribution is 2.20. The molecule has 1 fully saturated rings. The Morgan fingerprint density at radius 1 is 1.07 bits per heavy atom. The fourth-order valence-electron chi connectivity index (χ4n) is 2.84. The van der Waals surface area contributed by atoms with Gasteiger partial charge in [0, 0.05) is 25.9 Å². The summed E-state index contributed by atoms with van der Waals surface area (Å²) in [5.41, 5.74) is 0.934. The van der Waals surface area contributed by atoms with Gasteiger partial charge >= 0.3 is 6.03 Å². The lowest BCUT2D eigenvalue weighted by Crippen LogP contribution is -2.48. The third-order valence-electron chi connectivity index (χ3n) is 4.40. The van der Waals surface area contributed by atoms with E-state index in [0.29, 0.717) is 31.7 Å². The normalized spacial score (nSPS) is 15.4. The van der Waals surface area contributed by atoms with Crippen molar-refractivity contribution in [3.05, 3.63) is 59.9 Å². The number of hydrogen-bond acceptors (Lipinski definition) is 4. The predicted octanol–water partition coefficient (Wildman–Crippen LogP) is 3.08. The molecule has 0 aromatic heterocycles. The average molecular weight is 392 g/mol. The van der Waals surface area contributed by atoms with Gasteiger partial charge in [-0.2, -0.15) is 0 Å². The molecule has 0 bridgehead atoms. The number of rotatable bonds is 4. The largest absolute Gasteiger partial charge is 0.490 e. The zero-order valence-corrected chi connectivity index (χ0v) is 15.7. The molecule has 0 spiro atoms. The molecule has 3 rings (SSSR count). The lowest BCUT2D eigenvalue weighted by Gasteiger charge is -2.32. The number of nitrogens with zero attached hydrogens (tertiary/aromatic N) is 1. The van der Waals surface area contributed by atoms with Gasteiger partial charge in [-0.05, 0) is 43.3 Å². The molecule has 144 valence electrons. The van der Waals surface area contributed by atoms with E-state index in [1.165, 1.54) is 29.2 Å². The molecule has 2 aromatic rings. The number of carbonyl (C=O) groups excluding carboxylic acids is 1. The molecular weight excluding hydrogens is 371 g/mol. The smallest absolute Gasteiger partial charge is 0.331 e. The molecular formula is C19H21FN2O4S. The lowest BCUT2D eigenvalue weighted by atomic mass is 10.1. The zero-order chi connectivity index (χ0) is 19.4. The summed E-state index contributed by atoms with van der Waals surface area (Å²) in [5, 5.41) is 0. The number of piperidine rings is 1. The van der Waals surface area contributed by atoms with Crippen molar-refractivity contribution in [1.82, 2.24) is 9.62 Å². The molecule has 0 aliphatic carbocycles. The third-order valence-corrected chi connectivity index (χ3v) is 5.73. The van der Waals surface area contributed by atoms with E-state index < -0.39 is 16.1 Å². The molecule has 1 N–H and O–H groups in total. The highest BCUT2D eigenvalue weighted by atomic mass is 32.2. The van der Waals surface area contributed by atoms with Crippen LogP contribution < -0.4 is 9.46 Å². The molecule has 8 heteroatoms. The van der Waals surface area contributed by atoms with E-state index in [2.05, 4.69) is 4.72 Å². The monoisotopic (exact) mass is 392 g/mol. The molecule has 2 aromatic carbocycles. The first kappa shape index (κ1) is 19.2. The standard InChI is InChI=1S/C19H21FN2O4S/c1-14-2-8-18(9-3-14)27(24,25)21-19(23)22-12-10-17(11-13-22)26-16-6-4-15(20)5-7-16/h2-9,17H,10-13H2,1H3,(H,21,23). The Labute approximate surface area is 158 Å². The van der Waals surface area contributed by atoms with Gasteiger partial charge in [0.15, 0.2) is 0 Å². The van der Waals surface area contributed by atoms with Gasteiger partial charge < -0.3 is 9.64 Å². The number of urea groups is 1. The average Bonchev–Trinajstić information content (AvgIpc) is 2.64. The molecule has 27 heavy (non-hydrogen) atoms. The van der Waals surface area contributed by atoms with Crippen LogP contribution in [0.2, 0.25) is 0 Å². The van der Waals surface area contributed by atoms with Crippen LogP contribution in [0, 0.1) is 12.7 Å². The van der Waals surface area contributed by atoms with Crippen LogP contribution in [-0.4, -0.2) is 38.5 Å². The van der Waals surface area contributed by atoms with E-state index >= 15 is 0 Å². The van der Waals surface area contributed by atoms with Crippen LogP contribution in [0.15, 0.2) is 53.4 Å². The fraction of sp³-hybridized carbons (Fsp3) is 0.316. The number of amides is 2. The van der Waals surface area contributed by atoms with Crippen LogP contribution >= 0.6 is 0 Å². The Bertz CT molecular complexity index is 890. The summed E-state index contributed by atoms with van der Waals surface area (Å²) < 4.78 is 45.4. The van der Waals surface area contributed by atoms with Crippen LogP contribution in [0.1, 0.15) is 18.4 Å². The fourth-order valence-corrected chi connectivity index (χ4v) is 3.81. The Kier molecular flexibility index (Phi) is 5.65. The van der Waals surface area contributed by atoms with Crippen LogP contribution in [0.5, 0.6) is 5.75 Å². The van der Waals surface area contributed by atoms with Crippen LogP contribution in [-0.2, 0) is 10.0 Å². The number of sulfonamides is 1. The first-order valence-corrected chi connectivity index (χ1v) is 10.1. The third kappa shape index (κ3) is 4.97. The molecule has 0 atom stereocenters. The molecule has 1 aliphatic heterocycles. The number of likely N-dealkylation sites (tertiary alicyclic amines) is 1. The highest BCUT2D eigenvalue weighted by Gasteiger charge is 2.27. The Morgan fingerprint density at radius 3 is 2.26 bits per heavy atom. The summed E-state index contributed by atoms with van der Waals surface area (Å²) in [6.07, 6.45) is 1.03. The maximum absolute atomic E-state index is 12.9. The molecule has 1 aliphatic rings.